The van der Waals surface area contributed by atoms with E-state index >= 15 is 0 Å². The first-order valence-corrected chi connectivity index (χ1v) is 8.02. The maximum atomic E-state index is 11.9. The van der Waals surface area contributed by atoms with Crippen LogP contribution in [0.25, 0.3) is 11.0 Å². The van der Waals surface area contributed by atoms with Gasteiger partial charge in [-0.05, 0) is 31.9 Å². The first kappa shape index (κ1) is 15.0. The van der Waals surface area contributed by atoms with Crippen molar-refractivity contribution in [3.05, 3.63) is 30.1 Å². The van der Waals surface area contributed by atoms with Gasteiger partial charge in [0.25, 0.3) is 0 Å². The van der Waals surface area contributed by atoms with Crippen LogP contribution < -0.4 is 0 Å². The summed E-state index contributed by atoms with van der Waals surface area (Å²) in [5, 5.41) is 0. The molecule has 5 heteroatoms. The van der Waals surface area contributed by atoms with E-state index in [9.17, 15) is 4.79 Å². The molecular formula is C17H23N3O2. The molecule has 1 saturated heterocycles. The van der Waals surface area contributed by atoms with Crippen molar-refractivity contribution in [2.24, 2.45) is 0 Å². The Morgan fingerprint density at radius 2 is 2.23 bits per heavy atom. The minimum Gasteiger partial charge on any atom is -0.380 e. The number of hydrogen-bond acceptors (Lipinski definition) is 3. The lowest BCUT2D eigenvalue weighted by Crippen LogP contribution is -2.30. The van der Waals surface area contributed by atoms with Crippen molar-refractivity contribution >= 4 is 16.9 Å². The molecule has 1 aliphatic rings. The number of para-hydroxylation sites is 2. The number of benzene rings is 1. The van der Waals surface area contributed by atoms with Gasteiger partial charge in [-0.3, -0.25) is 4.79 Å². The van der Waals surface area contributed by atoms with Crippen molar-refractivity contribution in [2.45, 2.75) is 39.3 Å². The van der Waals surface area contributed by atoms with Gasteiger partial charge in [0.1, 0.15) is 5.82 Å². The number of rotatable bonds is 5. The number of carbonyl (C=O) groups excluding carboxylic acids is 1. The van der Waals surface area contributed by atoms with E-state index in [1.807, 2.05) is 30.0 Å². The standard InChI is InChI=1S/C17H23N3O2/c1-3-22-12-11-20-15-8-5-4-7-14(15)18-17(20)16-9-6-10-19(16)13(2)21/h4-5,7-8,16H,3,6,9-12H2,1-2H3/t16-/m0/s1. The summed E-state index contributed by atoms with van der Waals surface area (Å²) in [5.74, 6) is 1.12. The Balaban J connectivity index is 2.00. The molecule has 118 valence electrons. The van der Waals surface area contributed by atoms with E-state index in [2.05, 4.69) is 10.6 Å². The number of fused-ring (bicyclic) bond motifs is 1. The van der Waals surface area contributed by atoms with Crippen LogP contribution in [0.15, 0.2) is 24.3 Å². The molecule has 0 bridgehead atoms. The molecule has 2 heterocycles. The number of likely N-dealkylation sites (tertiary alicyclic amines) is 1. The maximum Gasteiger partial charge on any atom is 0.220 e. The largest absolute Gasteiger partial charge is 0.380 e. The summed E-state index contributed by atoms with van der Waals surface area (Å²) < 4.78 is 7.74. The van der Waals surface area contributed by atoms with Crippen LogP contribution in [0, 0.1) is 0 Å². The highest BCUT2D eigenvalue weighted by Gasteiger charge is 2.31. The lowest BCUT2D eigenvalue weighted by Gasteiger charge is -2.23. The van der Waals surface area contributed by atoms with Crippen molar-refractivity contribution < 1.29 is 9.53 Å². The van der Waals surface area contributed by atoms with Crippen molar-refractivity contribution in [1.29, 1.82) is 0 Å². The van der Waals surface area contributed by atoms with Crippen molar-refractivity contribution in [2.75, 3.05) is 19.8 Å². The van der Waals surface area contributed by atoms with Crippen molar-refractivity contribution in [3.8, 4) is 0 Å². The second kappa shape index (κ2) is 6.48. The fourth-order valence-corrected chi connectivity index (χ4v) is 3.30. The lowest BCUT2D eigenvalue weighted by atomic mass is 10.2. The zero-order valence-corrected chi connectivity index (χ0v) is 13.3. The molecule has 0 unspecified atom stereocenters. The topological polar surface area (TPSA) is 47.4 Å². The SMILES string of the molecule is CCOCCn1c([C@@H]2CCCN2C(C)=O)nc2ccccc21. The van der Waals surface area contributed by atoms with E-state index in [-0.39, 0.29) is 11.9 Å². The van der Waals surface area contributed by atoms with Crippen molar-refractivity contribution in [1.82, 2.24) is 14.5 Å². The number of aromatic nitrogens is 2. The molecule has 1 aromatic heterocycles. The van der Waals surface area contributed by atoms with Crippen LogP contribution in [0.4, 0.5) is 0 Å². The van der Waals surface area contributed by atoms with Crippen LogP contribution in [0.1, 0.15) is 38.6 Å². The second-order valence-electron chi connectivity index (χ2n) is 5.68. The number of imidazole rings is 1. The molecule has 0 saturated carbocycles. The van der Waals surface area contributed by atoms with E-state index in [4.69, 9.17) is 9.72 Å². The third kappa shape index (κ3) is 2.73. The van der Waals surface area contributed by atoms with E-state index in [0.717, 1.165) is 42.8 Å². The molecule has 1 fully saturated rings. The molecule has 1 atom stereocenters. The van der Waals surface area contributed by atoms with Gasteiger partial charge in [0.15, 0.2) is 0 Å². The Morgan fingerprint density at radius 1 is 1.41 bits per heavy atom. The van der Waals surface area contributed by atoms with Gasteiger partial charge in [0, 0.05) is 26.6 Å². The van der Waals surface area contributed by atoms with Gasteiger partial charge in [0.2, 0.25) is 5.91 Å². The highest BCUT2D eigenvalue weighted by atomic mass is 16.5. The van der Waals surface area contributed by atoms with Gasteiger partial charge in [-0.25, -0.2) is 4.98 Å². The van der Waals surface area contributed by atoms with Gasteiger partial charge < -0.3 is 14.2 Å². The first-order chi connectivity index (χ1) is 10.7. The Morgan fingerprint density at radius 3 is 3.00 bits per heavy atom. The molecule has 0 N–H and O–H groups in total. The monoisotopic (exact) mass is 301 g/mol. The summed E-state index contributed by atoms with van der Waals surface area (Å²) in [7, 11) is 0. The second-order valence-corrected chi connectivity index (χ2v) is 5.68. The molecule has 5 nitrogen and oxygen atoms in total. The molecule has 1 aromatic carbocycles. The zero-order chi connectivity index (χ0) is 15.5. The minimum atomic E-state index is 0.0894. The fourth-order valence-electron chi connectivity index (χ4n) is 3.30. The van der Waals surface area contributed by atoms with Crippen LogP contribution in [0.5, 0.6) is 0 Å². The van der Waals surface area contributed by atoms with Crippen molar-refractivity contribution in [3.63, 3.8) is 0 Å². The third-order valence-electron chi connectivity index (χ3n) is 4.30. The summed E-state index contributed by atoms with van der Waals surface area (Å²) in [5.41, 5.74) is 2.11. The summed E-state index contributed by atoms with van der Waals surface area (Å²) in [6, 6.07) is 8.24. The highest BCUT2D eigenvalue weighted by molar-refractivity contribution is 5.77. The highest BCUT2D eigenvalue weighted by Crippen LogP contribution is 2.33. The normalized spacial score (nSPS) is 18.3. The van der Waals surface area contributed by atoms with Gasteiger partial charge in [-0.15, -0.1) is 0 Å². The van der Waals surface area contributed by atoms with E-state index in [1.54, 1.807) is 6.92 Å². The molecular weight excluding hydrogens is 278 g/mol. The van der Waals surface area contributed by atoms with Crippen LogP contribution in [0.3, 0.4) is 0 Å². The number of carbonyl (C=O) groups is 1. The smallest absolute Gasteiger partial charge is 0.220 e. The molecule has 0 aliphatic carbocycles. The Hall–Kier alpha value is -1.88. The first-order valence-electron chi connectivity index (χ1n) is 8.02. The minimum absolute atomic E-state index is 0.0894. The average Bonchev–Trinajstić information content (AvgIpc) is 3.12. The number of nitrogens with zero attached hydrogens (tertiary/aromatic N) is 3. The summed E-state index contributed by atoms with van der Waals surface area (Å²) in [4.78, 5) is 18.6. The van der Waals surface area contributed by atoms with Gasteiger partial charge in [-0.2, -0.15) is 0 Å². The summed E-state index contributed by atoms with van der Waals surface area (Å²) in [6.45, 7) is 6.62. The van der Waals surface area contributed by atoms with Gasteiger partial charge >= 0.3 is 0 Å². The van der Waals surface area contributed by atoms with E-state index < -0.39 is 0 Å². The molecule has 1 amide bonds. The van der Waals surface area contributed by atoms with Crippen LogP contribution in [-0.2, 0) is 16.1 Å². The summed E-state index contributed by atoms with van der Waals surface area (Å²) >= 11 is 0. The van der Waals surface area contributed by atoms with E-state index in [0.29, 0.717) is 13.2 Å². The third-order valence-corrected chi connectivity index (χ3v) is 4.30. The molecule has 0 spiro atoms. The van der Waals surface area contributed by atoms with E-state index in [1.165, 1.54) is 0 Å². The fraction of sp³-hybridized carbons (Fsp3) is 0.529. The van der Waals surface area contributed by atoms with Crippen LogP contribution in [0.2, 0.25) is 0 Å². The molecule has 2 aromatic rings. The Bertz CT molecular complexity index is 665. The Labute approximate surface area is 130 Å². The predicted octanol–water partition coefficient (Wildman–Crippen LogP) is 2.76. The number of amides is 1. The predicted molar refractivity (Wildman–Crippen MR) is 85.6 cm³/mol. The maximum absolute atomic E-state index is 11.9. The average molecular weight is 301 g/mol. The van der Waals surface area contributed by atoms with Crippen LogP contribution >= 0.6 is 0 Å². The van der Waals surface area contributed by atoms with Gasteiger partial charge in [0.05, 0.1) is 23.7 Å². The molecule has 3 rings (SSSR count). The summed E-state index contributed by atoms with van der Waals surface area (Å²) in [6.07, 6.45) is 2.02. The number of hydrogen-bond donors (Lipinski definition) is 0. The Kier molecular flexibility index (Phi) is 4.43. The zero-order valence-electron chi connectivity index (χ0n) is 13.3. The van der Waals surface area contributed by atoms with Crippen LogP contribution in [-0.4, -0.2) is 40.1 Å². The lowest BCUT2D eigenvalue weighted by molar-refractivity contribution is -0.129. The van der Waals surface area contributed by atoms with Gasteiger partial charge in [-0.1, -0.05) is 12.1 Å². The number of ether oxygens (including phenoxy) is 1. The quantitative estimate of drug-likeness (QED) is 0.798. The molecule has 1 aliphatic heterocycles. The molecule has 0 radical (unpaired) electrons. The molecule has 22 heavy (non-hydrogen) atoms.